The molecule has 1 heterocycles. The summed E-state index contributed by atoms with van der Waals surface area (Å²) < 4.78 is 0. The molecule has 0 bridgehead atoms. The van der Waals surface area contributed by atoms with E-state index >= 15 is 0 Å². The fourth-order valence-corrected chi connectivity index (χ4v) is 2.40. The molecule has 0 saturated carbocycles. The number of nitrogens with zero attached hydrogens (tertiary/aromatic N) is 1. The summed E-state index contributed by atoms with van der Waals surface area (Å²) in [5, 5.41) is 2.77. The maximum atomic E-state index is 12.3. The van der Waals surface area contributed by atoms with Crippen LogP contribution in [0.2, 0.25) is 0 Å². The molecule has 3 N–H and O–H groups in total. The number of aromatic nitrogens is 1. The van der Waals surface area contributed by atoms with Gasteiger partial charge in [0.2, 0.25) is 5.91 Å². The normalized spacial score (nSPS) is 13.1. The van der Waals surface area contributed by atoms with E-state index in [0.717, 1.165) is 16.7 Å². The molecule has 0 aliphatic rings. The van der Waals surface area contributed by atoms with E-state index in [1.165, 1.54) is 6.92 Å². The Morgan fingerprint density at radius 3 is 2.42 bits per heavy atom. The molecule has 5 heteroatoms. The minimum atomic E-state index is -0.714. The summed E-state index contributed by atoms with van der Waals surface area (Å²) in [5.41, 5.74) is 9.00. The molecule has 1 aromatic carbocycles. The second kappa shape index (κ2) is 8.36. The third-order valence-corrected chi connectivity index (χ3v) is 3.88. The van der Waals surface area contributed by atoms with Crippen LogP contribution in [0.15, 0.2) is 48.8 Å². The molecular formula is C19H23N3O2. The van der Waals surface area contributed by atoms with Crippen LogP contribution in [0.1, 0.15) is 23.6 Å². The van der Waals surface area contributed by atoms with Crippen molar-refractivity contribution in [3.8, 4) is 0 Å². The number of pyridine rings is 1. The lowest BCUT2D eigenvalue weighted by molar-refractivity contribution is -0.127. The molecule has 2 aromatic rings. The monoisotopic (exact) mass is 325 g/mol. The number of hydrogen-bond donors (Lipinski definition) is 2. The van der Waals surface area contributed by atoms with Crippen molar-refractivity contribution in [1.82, 2.24) is 10.3 Å². The Kier molecular flexibility index (Phi) is 6.21. The molecule has 24 heavy (non-hydrogen) atoms. The summed E-state index contributed by atoms with van der Waals surface area (Å²) in [5.74, 6) is -0.413. The van der Waals surface area contributed by atoms with Gasteiger partial charge in [0.15, 0.2) is 5.78 Å². The Hall–Kier alpha value is -2.53. The predicted molar refractivity (Wildman–Crippen MR) is 93.4 cm³/mol. The molecule has 2 atom stereocenters. The number of hydrogen-bond acceptors (Lipinski definition) is 4. The fourth-order valence-electron chi connectivity index (χ4n) is 2.40. The zero-order valence-corrected chi connectivity index (χ0v) is 14.0. The van der Waals surface area contributed by atoms with E-state index in [9.17, 15) is 9.59 Å². The van der Waals surface area contributed by atoms with Gasteiger partial charge in [-0.15, -0.1) is 0 Å². The Morgan fingerprint density at radius 1 is 1.12 bits per heavy atom. The van der Waals surface area contributed by atoms with Crippen LogP contribution in [0, 0.1) is 6.92 Å². The quantitative estimate of drug-likeness (QED) is 0.809. The number of aryl methyl sites for hydroxylation is 1. The lowest BCUT2D eigenvalue weighted by atomic mass is 10.0. The van der Waals surface area contributed by atoms with Crippen molar-refractivity contribution in [2.75, 3.05) is 0 Å². The summed E-state index contributed by atoms with van der Waals surface area (Å²) in [6.07, 6.45) is 4.19. The standard InChI is InChI=1S/C19H23N3O2/c1-13-5-7-15(8-6-13)11-18(14(2)23)22-19(24)17(20)10-16-4-3-9-21-12-16/h3-9,12,17-18H,10-11,20H2,1-2H3,(H,22,24)/t17-,18?/m0/s1. The van der Waals surface area contributed by atoms with Crippen molar-refractivity contribution in [1.29, 1.82) is 0 Å². The average Bonchev–Trinajstić information content (AvgIpc) is 2.56. The average molecular weight is 325 g/mol. The molecular weight excluding hydrogens is 302 g/mol. The summed E-state index contributed by atoms with van der Waals surface area (Å²) in [7, 11) is 0. The van der Waals surface area contributed by atoms with Crippen LogP contribution in [0.4, 0.5) is 0 Å². The minimum Gasteiger partial charge on any atom is -0.345 e. The third kappa shape index (κ3) is 5.28. The third-order valence-electron chi connectivity index (χ3n) is 3.88. The zero-order chi connectivity index (χ0) is 17.5. The van der Waals surface area contributed by atoms with Gasteiger partial charge in [-0.3, -0.25) is 14.6 Å². The summed E-state index contributed by atoms with van der Waals surface area (Å²) >= 11 is 0. The van der Waals surface area contributed by atoms with Gasteiger partial charge in [-0.1, -0.05) is 35.9 Å². The number of nitrogens with two attached hydrogens (primary N) is 1. The van der Waals surface area contributed by atoms with E-state index in [2.05, 4.69) is 10.3 Å². The van der Waals surface area contributed by atoms with Crippen LogP contribution in [0.25, 0.3) is 0 Å². The van der Waals surface area contributed by atoms with Crippen molar-refractivity contribution < 1.29 is 9.59 Å². The molecule has 0 spiro atoms. The number of benzene rings is 1. The molecule has 0 aliphatic carbocycles. The number of carbonyl (C=O) groups excluding carboxylic acids is 2. The first-order valence-corrected chi connectivity index (χ1v) is 7.96. The van der Waals surface area contributed by atoms with Gasteiger partial charge in [0.25, 0.3) is 0 Å². The summed E-state index contributed by atoms with van der Waals surface area (Å²) in [6.45, 7) is 3.48. The van der Waals surface area contributed by atoms with Gasteiger partial charge < -0.3 is 11.1 Å². The SMILES string of the molecule is CC(=O)C(Cc1ccc(C)cc1)NC(=O)[C@@H](N)Cc1cccnc1. The first-order valence-electron chi connectivity index (χ1n) is 7.96. The highest BCUT2D eigenvalue weighted by Crippen LogP contribution is 2.08. The van der Waals surface area contributed by atoms with Crippen LogP contribution in [-0.4, -0.2) is 28.8 Å². The second-order valence-electron chi connectivity index (χ2n) is 6.03. The van der Waals surface area contributed by atoms with Gasteiger partial charge in [0, 0.05) is 12.4 Å². The van der Waals surface area contributed by atoms with Crippen LogP contribution >= 0.6 is 0 Å². The van der Waals surface area contributed by atoms with Crippen LogP contribution < -0.4 is 11.1 Å². The van der Waals surface area contributed by atoms with Gasteiger partial charge >= 0.3 is 0 Å². The largest absolute Gasteiger partial charge is 0.345 e. The minimum absolute atomic E-state index is 0.0856. The molecule has 0 fully saturated rings. The highest BCUT2D eigenvalue weighted by Gasteiger charge is 2.21. The van der Waals surface area contributed by atoms with E-state index < -0.39 is 12.1 Å². The predicted octanol–water partition coefficient (Wildman–Crippen LogP) is 1.58. The molecule has 2 rings (SSSR count). The zero-order valence-electron chi connectivity index (χ0n) is 14.0. The molecule has 1 unspecified atom stereocenters. The maximum Gasteiger partial charge on any atom is 0.237 e. The molecule has 0 radical (unpaired) electrons. The molecule has 0 saturated heterocycles. The van der Waals surface area contributed by atoms with Crippen LogP contribution in [0.5, 0.6) is 0 Å². The van der Waals surface area contributed by atoms with E-state index in [0.29, 0.717) is 12.8 Å². The highest BCUT2D eigenvalue weighted by atomic mass is 16.2. The number of nitrogens with one attached hydrogen (secondary N) is 1. The van der Waals surface area contributed by atoms with Gasteiger partial charge in [-0.05, 0) is 43.9 Å². The molecule has 126 valence electrons. The van der Waals surface area contributed by atoms with Crippen LogP contribution in [-0.2, 0) is 22.4 Å². The van der Waals surface area contributed by atoms with Crippen molar-refractivity contribution in [2.24, 2.45) is 5.73 Å². The van der Waals surface area contributed by atoms with Gasteiger partial charge in [0.05, 0.1) is 12.1 Å². The highest BCUT2D eigenvalue weighted by molar-refractivity contribution is 5.89. The Bertz CT molecular complexity index is 684. The Labute approximate surface area is 142 Å². The topological polar surface area (TPSA) is 85.1 Å². The van der Waals surface area contributed by atoms with Crippen molar-refractivity contribution in [2.45, 2.75) is 38.8 Å². The number of carbonyl (C=O) groups is 2. The maximum absolute atomic E-state index is 12.3. The molecule has 1 aromatic heterocycles. The second-order valence-corrected chi connectivity index (χ2v) is 6.03. The van der Waals surface area contributed by atoms with Gasteiger partial charge in [-0.2, -0.15) is 0 Å². The lowest BCUT2D eigenvalue weighted by Gasteiger charge is -2.19. The first kappa shape index (κ1) is 17.8. The van der Waals surface area contributed by atoms with E-state index in [4.69, 9.17) is 5.73 Å². The first-order chi connectivity index (χ1) is 11.5. The molecule has 1 amide bonds. The van der Waals surface area contributed by atoms with Crippen molar-refractivity contribution in [3.05, 3.63) is 65.5 Å². The van der Waals surface area contributed by atoms with Crippen molar-refractivity contribution in [3.63, 3.8) is 0 Å². The number of rotatable bonds is 7. The Morgan fingerprint density at radius 2 is 1.83 bits per heavy atom. The van der Waals surface area contributed by atoms with Crippen LogP contribution in [0.3, 0.4) is 0 Å². The summed E-state index contributed by atoms with van der Waals surface area (Å²) in [4.78, 5) is 28.2. The van der Waals surface area contributed by atoms with E-state index in [1.807, 2.05) is 37.3 Å². The van der Waals surface area contributed by atoms with Crippen molar-refractivity contribution >= 4 is 11.7 Å². The number of amides is 1. The number of ketones is 1. The smallest absolute Gasteiger partial charge is 0.237 e. The van der Waals surface area contributed by atoms with E-state index in [1.54, 1.807) is 18.5 Å². The Balaban J connectivity index is 1.97. The fraction of sp³-hybridized carbons (Fsp3) is 0.316. The molecule has 5 nitrogen and oxygen atoms in total. The van der Waals surface area contributed by atoms with Gasteiger partial charge in [0.1, 0.15) is 0 Å². The number of Topliss-reactive ketones (excluding diaryl/α,β-unsaturated/α-hetero) is 1. The lowest BCUT2D eigenvalue weighted by Crippen LogP contribution is -2.49. The molecule has 0 aliphatic heterocycles. The van der Waals surface area contributed by atoms with Gasteiger partial charge in [-0.25, -0.2) is 0 Å². The van der Waals surface area contributed by atoms with E-state index in [-0.39, 0.29) is 11.7 Å². The summed E-state index contributed by atoms with van der Waals surface area (Å²) in [6, 6.07) is 10.3.